The molecule has 0 fully saturated rings. The molecule has 0 saturated carbocycles. The molecule has 0 aliphatic heterocycles. The fourth-order valence-corrected chi connectivity index (χ4v) is 3.19. The highest BCUT2D eigenvalue weighted by Crippen LogP contribution is 2.25. The van der Waals surface area contributed by atoms with Crippen molar-refractivity contribution < 1.29 is 24.5 Å². The van der Waals surface area contributed by atoms with Gasteiger partial charge in [0.15, 0.2) is 5.75 Å². The van der Waals surface area contributed by atoms with Crippen LogP contribution in [0.4, 0.5) is 0 Å². The number of hydrogen-bond acceptors (Lipinski definition) is 6. The first-order valence-corrected chi connectivity index (χ1v) is 9.77. The predicted octanol–water partition coefficient (Wildman–Crippen LogP) is 1.37. The minimum Gasteiger partial charge on any atom is -0.494 e. The van der Waals surface area contributed by atoms with Crippen molar-refractivity contribution >= 4 is 11.9 Å². The van der Waals surface area contributed by atoms with Gasteiger partial charge < -0.3 is 20.3 Å². The molecule has 166 valence electrons. The van der Waals surface area contributed by atoms with E-state index in [0.29, 0.717) is 33.6 Å². The molecule has 3 aromatic rings. The number of benzene rings is 2. The van der Waals surface area contributed by atoms with E-state index in [1.165, 1.54) is 37.2 Å². The van der Waals surface area contributed by atoms with Gasteiger partial charge in [-0.25, -0.2) is 9.48 Å². The Morgan fingerprint density at radius 3 is 2.28 bits per heavy atom. The van der Waals surface area contributed by atoms with Crippen LogP contribution in [-0.2, 0) is 24.9 Å². The van der Waals surface area contributed by atoms with Crippen molar-refractivity contribution in [2.75, 3.05) is 7.11 Å². The quantitative estimate of drug-likeness (QED) is 0.485. The summed E-state index contributed by atoms with van der Waals surface area (Å²) in [5.74, 6) is -1.36. The van der Waals surface area contributed by atoms with Crippen LogP contribution in [0.3, 0.4) is 0 Å². The van der Waals surface area contributed by atoms with E-state index in [2.05, 4.69) is 10.4 Å². The average Bonchev–Trinajstić information content (AvgIpc) is 2.80. The summed E-state index contributed by atoms with van der Waals surface area (Å²) < 4.78 is 6.45. The van der Waals surface area contributed by atoms with Gasteiger partial charge in [-0.05, 0) is 28.8 Å². The summed E-state index contributed by atoms with van der Waals surface area (Å²) >= 11 is 0. The lowest BCUT2D eigenvalue weighted by Crippen LogP contribution is -2.42. The van der Waals surface area contributed by atoms with Crippen LogP contribution in [0.2, 0.25) is 0 Å². The Hall–Kier alpha value is -3.98. The summed E-state index contributed by atoms with van der Waals surface area (Å²) in [6.45, 7) is -0.146. The molecule has 0 unspecified atom stereocenters. The number of carbonyl (C=O) groups excluding carboxylic acids is 1. The Bertz CT molecular complexity index is 1170. The van der Waals surface area contributed by atoms with Gasteiger partial charge in [-0.1, -0.05) is 36.4 Å². The molecule has 0 radical (unpaired) electrons. The number of methoxy groups -OCH3 is 1. The van der Waals surface area contributed by atoms with E-state index in [1.807, 2.05) is 0 Å². The second-order valence-electron chi connectivity index (χ2n) is 7.14. The molecule has 0 bridgehead atoms. The molecule has 9 nitrogen and oxygen atoms in total. The summed E-state index contributed by atoms with van der Waals surface area (Å²) in [6.07, 6.45) is 1.51. The number of carboxylic acids is 1. The second-order valence-corrected chi connectivity index (χ2v) is 7.14. The molecule has 32 heavy (non-hydrogen) atoms. The van der Waals surface area contributed by atoms with Crippen molar-refractivity contribution in [2.24, 2.45) is 7.05 Å². The minimum atomic E-state index is -1.17. The largest absolute Gasteiger partial charge is 0.494 e. The van der Waals surface area contributed by atoms with Gasteiger partial charge in [-0.3, -0.25) is 9.59 Å². The Kier molecular flexibility index (Phi) is 7.01. The van der Waals surface area contributed by atoms with Crippen molar-refractivity contribution in [3.05, 3.63) is 81.8 Å². The number of aromatic nitrogens is 2. The molecular weight excluding hydrogens is 414 g/mol. The van der Waals surface area contributed by atoms with Gasteiger partial charge in [0.2, 0.25) is 0 Å². The summed E-state index contributed by atoms with van der Waals surface area (Å²) in [6, 6.07) is 11.9. The van der Waals surface area contributed by atoms with E-state index in [0.717, 1.165) is 0 Å². The van der Waals surface area contributed by atoms with Crippen LogP contribution in [0, 0.1) is 0 Å². The molecule has 3 N–H and O–H groups in total. The molecule has 9 heteroatoms. The lowest BCUT2D eigenvalue weighted by molar-refractivity contribution is -0.139. The normalized spacial score (nSPS) is 11.6. The summed E-state index contributed by atoms with van der Waals surface area (Å²) in [7, 11) is 2.99. The molecule has 1 aromatic heterocycles. The van der Waals surface area contributed by atoms with E-state index in [9.17, 15) is 19.5 Å². The lowest BCUT2D eigenvalue weighted by Gasteiger charge is -2.15. The number of rotatable bonds is 8. The number of amides is 1. The van der Waals surface area contributed by atoms with E-state index < -0.39 is 17.9 Å². The molecule has 0 spiro atoms. The number of aryl methyl sites for hydroxylation is 1. The van der Waals surface area contributed by atoms with Crippen LogP contribution in [0.25, 0.3) is 11.1 Å². The van der Waals surface area contributed by atoms with Crippen molar-refractivity contribution in [3.63, 3.8) is 0 Å². The predicted molar refractivity (Wildman–Crippen MR) is 116 cm³/mol. The third-order valence-electron chi connectivity index (χ3n) is 5.01. The Balaban J connectivity index is 1.78. The van der Waals surface area contributed by atoms with E-state index >= 15 is 0 Å². The number of carboxylic acid groups (broad SMARTS) is 1. The first kappa shape index (κ1) is 22.7. The maximum absolute atomic E-state index is 12.5. The molecule has 0 aliphatic carbocycles. The Morgan fingerprint density at radius 1 is 1.09 bits per heavy atom. The van der Waals surface area contributed by atoms with Crippen LogP contribution < -0.4 is 15.6 Å². The maximum atomic E-state index is 12.5. The van der Waals surface area contributed by atoms with Crippen LogP contribution in [0.1, 0.15) is 21.5 Å². The molecule has 0 aliphatic rings. The van der Waals surface area contributed by atoms with Gasteiger partial charge in [-0.15, -0.1) is 0 Å². The molecular formula is C23H23N3O6. The van der Waals surface area contributed by atoms with Crippen LogP contribution >= 0.6 is 0 Å². The number of nitrogens with zero attached hydrogens (tertiary/aromatic N) is 2. The van der Waals surface area contributed by atoms with Crippen molar-refractivity contribution in [2.45, 2.75) is 19.1 Å². The van der Waals surface area contributed by atoms with Gasteiger partial charge in [-0.2, -0.15) is 5.10 Å². The third-order valence-corrected chi connectivity index (χ3v) is 5.01. The summed E-state index contributed by atoms with van der Waals surface area (Å²) in [5, 5.41) is 25.1. The van der Waals surface area contributed by atoms with E-state index in [1.54, 1.807) is 36.4 Å². The van der Waals surface area contributed by atoms with E-state index in [-0.39, 0.29) is 18.6 Å². The van der Waals surface area contributed by atoms with Gasteiger partial charge >= 0.3 is 5.97 Å². The van der Waals surface area contributed by atoms with Crippen LogP contribution in [0.5, 0.6) is 5.75 Å². The van der Waals surface area contributed by atoms with Crippen molar-refractivity contribution in [3.8, 4) is 16.9 Å². The number of aliphatic hydroxyl groups excluding tert-OH is 1. The molecule has 1 amide bonds. The maximum Gasteiger partial charge on any atom is 0.326 e. The Labute approximate surface area is 183 Å². The topological polar surface area (TPSA) is 131 Å². The number of aliphatic carboxylic acids is 1. The fraction of sp³-hybridized carbons (Fsp3) is 0.217. The average molecular weight is 437 g/mol. The number of carbonyl (C=O) groups is 2. The number of aliphatic hydroxyl groups is 1. The van der Waals surface area contributed by atoms with Crippen molar-refractivity contribution in [1.82, 2.24) is 15.1 Å². The monoisotopic (exact) mass is 437 g/mol. The zero-order chi connectivity index (χ0) is 23.3. The van der Waals surface area contributed by atoms with Crippen LogP contribution in [0.15, 0.2) is 59.5 Å². The molecule has 1 heterocycles. The number of nitrogens with one attached hydrogen (secondary N) is 1. The second kappa shape index (κ2) is 9.88. The lowest BCUT2D eigenvalue weighted by atomic mass is 10.0. The zero-order valence-corrected chi connectivity index (χ0v) is 17.6. The molecule has 1 atom stereocenters. The van der Waals surface area contributed by atoms with E-state index in [4.69, 9.17) is 9.84 Å². The van der Waals surface area contributed by atoms with Gasteiger partial charge in [0, 0.05) is 19.0 Å². The van der Waals surface area contributed by atoms with Crippen LogP contribution in [-0.4, -0.2) is 45.0 Å². The summed E-state index contributed by atoms with van der Waals surface area (Å²) in [4.78, 5) is 36.6. The van der Waals surface area contributed by atoms with Gasteiger partial charge in [0.05, 0.1) is 25.5 Å². The standard InChI is InChI=1S/C23H23N3O6/c1-26-22(29)20(19(32-2)12-24-26)16-7-3-14(4-8-16)11-18(23(30)31)25-21(28)17-9-5-15(13-27)6-10-17/h3-10,12,18,27H,11,13H2,1-2H3,(H,25,28)(H,30,31)/t18-/m0/s1. The highest BCUT2D eigenvalue weighted by molar-refractivity contribution is 5.96. The van der Waals surface area contributed by atoms with Gasteiger partial charge in [0.25, 0.3) is 11.5 Å². The summed E-state index contributed by atoms with van der Waals surface area (Å²) in [5.41, 5.74) is 2.25. The highest BCUT2D eigenvalue weighted by Gasteiger charge is 2.21. The molecule has 3 rings (SSSR count). The molecule has 0 saturated heterocycles. The minimum absolute atomic E-state index is 0.0571. The number of hydrogen-bond donors (Lipinski definition) is 3. The Morgan fingerprint density at radius 2 is 1.72 bits per heavy atom. The fourth-order valence-electron chi connectivity index (χ4n) is 3.19. The highest BCUT2D eigenvalue weighted by atomic mass is 16.5. The number of ether oxygens (including phenoxy) is 1. The van der Waals surface area contributed by atoms with Crippen molar-refractivity contribution in [1.29, 1.82) is 0 Å². The SMILES string of the molecule is COc1cnn(C)c(=O)c1-c1ccc(C[C@H](NC(=O)c2ccc(CO)cc2)C(=O)O)cc1. The zero-order valence-electron chi connectivity index (χ0n) is 17.6. The first-order valence-electron chi connectivity index (χ1n) is 9.77. The smallest absolute Gasteiger partial charge is 0.326 e. The molecule has 2 aromatic carbocycles. The first-order chi connectivity index (χ1) is 15.3. The third kappa shape index (κ3) is 5.01. The van der Waals surface area contributed by atoms with Gasteiger partial charge in [0.1, 0.15) is 6.04 Å².